The number of hydrogen-bond donors (Lipinski definition) is 1. The molecule has 3 aromatic rings. The first-order chi connectivity index (χ1) is 10.1. The third kappa shape index (κ3) is 2.27. The Labute approximate surface area is 121 Å². The van der Waals surface area contributed by atoms with E-state index in [-0.39, 0.29) is 0 Å². The van der Waals surface area contributed by atoms with E-state index in [0.717, 1.165) is 17.0 Å². The van der Waals surface area contributed by atoms with Crippen LogP contribution in [0.5, 0.6) is 0 Å². The van der Waals surface area contributed by atoms with Gasteiger partial charge in [-0.05, 0) is 25.5 Å². The minimum Gasteiger partial charge on any atom is -0.376 e. The maximum atomic E-state index is 11.8. The standard InChI is InChI=1S/C16H15N3O2/c1-10-8-11(2)19(18-10)14-13(15(20)16(14)21)17-9-12-6-4-3-5-7-12/h3-8,17H,9H2,1-2H3. The average Bonchev–Trinajstić information content (AvgIpc) is 2.81. The highest BCUT2D eigenvalue weighted by atomic mass is 16.2. The third-order valence-electron chi connectivity index (χ3n) is 3.42. The van der Waals surface area contributed by atoms with Gasteiger partial charge in [0.25, 0.3) is 10.9 Å². The van der Waals surface area contributed by atoms with Crippen molar-refractivity contribution in [2.45, 2.75) is 20.4 Å². The van der Waals surface area contributed by atoms with Crippen LogP contribution in [-0.4, -0.2) is 9.78 Å². The topological polar surface area (TPSA) is 64.0 Å². The fraction of sp³-hybridized carbons (Fsp3) is 0.188. The fourth-order valence-electron chi connectivity index (χ4n) is 2.39. The summed E-state index contributed by atoms with van der Waals surface area (Å²) in [6.07, 6.45) is 0. The van der Waals surface area contributed by atoms with Gasteiger partial charge in [-0.1, -0.05) is 30.3 Å². The molecular formula is C16H15N3O2. The van der Waals surface area contributed by atoms with Crippen molar-refractivity contribution in [2.24, 2.45) is 0 Å². The largest absolute Gasteiger partial charge is 0.376 e. The molecule has 0 atom stereocenters. The van der Waals surface area contributed by atoms with Crippen LogP contribution in [0.1, 0.15) is 17.0 Å². The van der Waals surface area contributed by atoms with Gasteiger partial charge in [-0.25, -0.2) is 4.68 Å². The summed E-state index contributed by atoms with van der Waals surface area (Å²) in [5.74, 6) is 0. The Balaban J connectivity index is 1.91. The number of nitrogens with zero attached hydrogens (tertiary/aromatic N) is 2. The monoisotopic (exact) mass is 281 g/mol. The molecule has 0 aliphatic carbocycles. The molecule has 1 aromatic heterocycles. The van der Waals surface area contributed by atoms with Crippen LogP contribution in [0.15, 0.2) is 46.0 Å². The summed E-state index contributed by atoms with van der Waals surface area (Å²) in [5.41, 5.74) is 2.41. The molecule has 2 aromatic carbocycles. The molecule has 0 radical (unpaired) electrons. The minimum absolute atomic E-state index is 0.335. The minimum atomic E-state index is -0.489. The van der Waals surface area contributed by atoms with Gasteiger partial charge in [0.1, 0.15) is 11.4 Å². The molecule has 5 heteroatoms. The Morgan fingerprint density at radius 1 is 1.10 bits per heavy atom. The number of hydrogen-bond acceptors (Lipinski definition) is 4. The van der Waals surface area contributed by atoms with Crippen LogP contribution in [0.2, 0.25) is 0 Å². The van der Waals surface area contributed by atoms with Crippen LogP contribution in [0, 0.1) is 13.8 Å². The van der Waals surface area contributed by atoms with Gasteiger partial charge in [-0.15, -0.1) is 0 Å². The normalized spacial score (nSPS) is 11.0. The van der Waals surface area contributed by atoms with Gasteiger partial charge in [0.05, 0.1) is 5.69 Å². The first-order valence-electron chi connectivity index (χ1n) is 6.72. The van der Waals surface area contributed by atoms with Crippen molar-refractivity contribution in [1.82, 2.24) is 9.78 Å². The van der Waals surface area contributed by atoms with Gasteiger partial charge in [-0.3, -0.25) is 9.59 Å². The van der Waals surface area contributed by atoms with Crippen molar-refractivity contribution in [3.63, 3.8) is 0 Å². The molecule has 1 heterocycles. The first kappa shape index (κ1) is 13.3. The zero-order chi connectivity index (χ0) is 15.0. The Morgan fingerprint density at radius 2 is 1.81 bits per heavy atom. The predicted molar refractivity (Wildman–Crippen MR) is 81.7 cm³/mol. The summed E-state index contributed by atoms with van der Waals surface area (Å²) in [7, 11) is 0. The summed E-state index contributed by atoms with van der Waals surface area (Å²) in [4.78, 5) is 23.6. The van der Waals surface area contributed by atoms with Crippen molar-refractivity contribution < 1.29 is 0 Å². The maximum absolute atomic E-state index is 11.8. The second-order valence-electron chi connectivity index (χ2n) is 5.06. The number of anilines is 1. The third-order valence-corrected chi connectivity index (χ3v) is 3.42. The number of aryl methyl sites for hydroxylation is 2. The van der Waals surface area contributed by atoms with Crippen LogP contribution >= 0.6 is 0 Å². The molecule has 21 heavy (non-hydrogen) atoms. The smallest absolute Gasteiger partial charge is 0.255 e. The van der Waals surface area contributed by atoms with Gasteiger partial charge in [-0.2, -0.15) is 5.10 Å². The molecule has 0 aliphatic rings. The Bertz CT molecular complexity index is 856. The van der Waals surface area contributed by atoms with Crippen LogP contribution < -0.4 is 16.2 Å². The van der Waals surface area contributed by atoms with Crippen molar-refractivity contribution >= 4 is 5.69 Å². The lowest BCUT2D eigenvalue weighted by Gasteiger charge is -2.14. The molecule has 106 valence electrons. The van der Waals surface area contributed by atoms with E-state index in [0.29, 0.717) is 17.9 Å². The lowest BCUT2D eigenvalue weighted by Crippen LogP contribution is -2.39. The van der Waals surface area contributed by atoms with E-state index in [1.54, 1.807) is 0 Å². The summed E-state index contributed by atoms with van der Waals surface area (Å²) in [6, 6.07) is 11.6. The highest BCUT2D eigenvalue weighted by Gasteiger charge is 2.24. The number of aromatic nitrogens is 2. The molecule has 0 amide bonds. The van der Waals surface area contributed by atoms with E-state index < -0.39 is 10.9 Å². The van der Waals surface area contributed by atoms with Crippen LogP contribution in [0.4, 0.5) is 5.69 Å². The van der Waals surface area contributed by atoms with E-state index in [2.05, 4.69) is 10.4 Å². The second-order valence-corrected chi connectivity index (χ2v) is 5.06. The molecule has 3 rings (SSSR count). The number of rotatable bonds is 4. The fourth-order valence-corrected chi connectivity index (χ4v) is 2.39. The van der Waals surface area contributed by atoms with E-state index in [9.17, 15) is 9.59 Å². The van der Waals surface area contributed by atoms with Gasteiger partial charge >= 0.3 is 0 Å². The van der Waals surface area contributed by atoms with Crippen molar-refractivity contribution in [1.29, 1.82) is 0 Å². The maximum Gasteiger partial charge on any atom is 0.255 e. The average molecular weight is 281 g/mol. The summed E-state index contributed by atoms with van der Waals surface area (Å²) in [5, 5.41) is 7.32. The quantitative estimate of drug-likeness (QED) is 0.739. The van der Waals surface area contributed by atoms with E-state index >= 15 is 0 Å². The number of benzene rings is 1. The lowest BCUT2D eigenvalue weighted by atomic mass is 10.1. The molecule has 0 unspecified atom stereocenters. The highest BCUT2D eigenvalue weighted by Crippen LogP contribution is 2.17. The molecule has 0 bridgehead atoms. The highest BCUT2D eigenvalue weighted by molar-refractivity contribution is 5.66. The Kier molecular flexibility index (Phi) is 3.17. The molecule has 0 fully saturated rings. The van der Waals surface area contributed by atoms with Gasteiger partial charge in [0, 0.05) is 12.2 Å². The van der Waals surface area contributed by atoms with Gasteiger partial charge < -0.3 is 5.32 Å². The summed E-state index contributed by atoms with van der Waals surface area (Å²) < 4.78 is 1.53. The molecule has 0 spiro atoms. The van der Waals surface area contributed by atoms with Crippen LogP contribution in [-0.2, 0) is 6.54 Å². The van der Waals surface area contributed by atoms with Gasteiger partial charge in [0.2, 0.25) is 0 Å². The number of nitrogens with one attached hydrogen (secondary N) is 1. The summed E-state index contributed by atoms with van der Waals surface area (Å²) in [6.45, 7) is 4.21. The van der Waals surface area contributed by atoms with Crippen LogP contribution in [0.25, 0.3) is 5.69 Å². The van der Waals surface area contributed by atoms with Crippen LogP contribution in [0.3, 0.4) is 0 Å². The molecule has 0 saturated heterocycles. The molecule has 5 nitrogen and oxygen atoms in total. The Morgan fingerprint density at radius 3 is 2.43 bits per heavy atom. The molecule has 1 N–H and O–H groups in total. The SMILES string of the molecule is Cc1cc(C)n(-c2c(NCc3ccccc3)c(=O)c2=O)n1. The van der Waals surface area contributed by atoms with Gasteiger partial charge in [0.15, 0.2) is 0 Å². The zero-order valence-corrected chi connectivity index (χ0v) is 11.9. The van der Waals surface area contributed by atoms with Crippen molar-refractivity contribution in [3.8, 4) is 5.69 Å². The zero-order valence-electron chi connectivity index (χ0n) is 11.9. The van der Waals surface area contributed by atoms with Crippen molar-refractivity contribution in [3.05, 3.63) is 73.8 Å². The molecule has 0 aliphatic heterocycles. The lowest BCUT2D eigenvalue weighted by molar-refractivity contribution is 0.817. The Hall–Kier alpha value is -2.69. The first-order valence-corrected chi connectivity index (χ1v) is 6.72. The molecular weight excluding hydrogens is 266 g/mol. The van der Waals surface area contributed by atoms with E-state index in [4.69, 9.17) is 0 Å². The van der Waals surface area contributed by atoms with Crippen molar-refractivity contribution in [2.75, 3.05) is 5.32 Å². The molecule has 0 saturated carbocycles. The second kappa shape index (κ2) is 5.01. The van der Waals surface area contributed by atoms with E-state index in [1.165, 1.54) is 4.68 Å². The summed E-state index contributed by atoms with van der Waals surface area (Å²) >= 11 is 0. The predicted octanol–water partition coefficient (Wildman–Crippen LogP) is 1.70. The van der Waals surface area contributed by atoms with E-state index in [1.807, 2.05) is 50.2 Å².